The number of hydrogen-bond donors (Lipinski definition) is 7. The van der Waals surface area contributed by atoms with Crippen molar-refractivity contribution >= 4 is 43.7 Å². The molecule has 0 amide bonds. The van der Waals surface area contributed by atoms with E-state index in [9.17, 15) is 10.2 Å². The van der Waals surface area contributed by atoms with Crippen molar-refractivity contribution < 1.29 is 30.5 Å². The Balaban J connectivity index is 0.000000163. The number of guanidine groups is 2. The number of hydrazone groups is 1. The van der Waals surface area contributed by atoms with E-state index in [-0.39, 0.29) is 12.2 Å². The molecule has 16 atom stereocenters. The molecule has 0 aromatic rings. The first-order valence-electron chi connectivity index (χ1n) is 25.3. The fourth-order valence-electron chi connectivity index (χ4n) is 16.7. The van der Waals surface area contributed by atoms with Crippen LogP contribution in [0.25, 0.3) is 0 Å². The Labute approximate surface area is 395 Å². The van der Waals surface area contributed by atoms with Gasteiger partial charge in [0.25, 0.3) is 0 Å². The molecule has 348 valence electrons. The third kappa shape index (κ3) is 9.38. The van der Waals surface area contributed by atoms with Crippen LogP contribution in [0.3, 0.4) is 0 Å². The van der Waals surface area contributed by atoms with Crippen molar-refractivity contribution in [3.63, 3.8) is 0 Å². The van der Waals surface area contributed by atoms with E-state index in [0.717, 1.165) is 105 Å². The Morgan fingerprint density at radius 1 is 0.651 bits per heavy atom. The normalized spacial score (nSPS) is 44.3. The van der Waals surface area contributed by atoms with Crippen molar-refractivity contribution in [3.8, 4) is 0 Å². The summed E-state index contributed by atoms with van der Waals surface area (Å²) in [6.07, 6.45) is 28.7. The molecule has 6 saturated carbocycles. The predicted molar refractivity (Wildman–Crippen MR) is 255 cm³/mol. The second-order valence-electron chi connectivity index (χ2n) is 22.8. The summed E-state index contributed by atoms with van der Waals surface area (Å²) in [5.41, 5.74) is 4.72. The van der Waals surface area contributed by atoms with Gasteiger partial charge in [-0.05, 0) is 184 Å². The van der Waals surface area contributed by atoms with E-state index in [1.165, 1.54) is 77.0 Å². The SMILES string of the molecule is CC(/C=N/N=C1NCCN1)[C@H]1CCC2C3CC=C4C[C@@H](O)CC[C@]4(C)C3CC[C@@]21C.CC(/C=N/[NH+]=C1NCCN1)[C@H]1CCC2C3CC=C4C[C@@H](O)CC[C@]4(C)C3CC[C@@]21C.[Cl][Zn][Cl]. The first-order valence-corrected chi connectivity index (χ1v) is 33.1. The minimum atomic E-state index is -0.931. The van der Waals surface area contributed by atoms with Crippen LogP contribution in [0, 0.1) is 80.8 Å². The van der Waals surface area contributed by atoms with Crippen LogP contribution >= 0.6 is 19.4 Å². The van der Waals surface area contributed by atoms with Gasteiger partial charge in [0.1, 0.15) is 0 Å². The van der Waals surface area contributed by atoms with Crippen molar-refractivity contribution in [2.24, 2.45) is 96.1 Å². The van der Waals surface area contributed by atoms with Crippen LogP contribution in [0.2, 0.25) is 0 Å². The number of fused-ring (bicyclic) bond motifs is 10. The molecule has 10 nitrogen and oxygen atoms in total. The van der Waals surface area contributed by atoms with E-state index in [4.69, 9.17) is 19.4 Å². The maximum atomic E-state index is 10.2. The standard InChI is InChI=1S/2C25H40N4O.2ClH.Zn/c2*1-16(15-28-29-23-26-12-13-27-23)20-6-7-21-19-5-4-17-14-18(30)8-10-24(17,2)22(19)9-11-25(20,21)3;;;/h2*4,15-16,18-22,30H,5-14H2,1-3H3,(H2,26,27,29);2*1H;/q;;;;+2/p-1/b2*28-15+;;;/t2*16?,18-,19?,20+,21?,22?,24-,25+;;;/m00.../s1. The van der Waals surface area contributed by atoms with Crippen molar-refractivity contribution in [2.45, 2.75) is 156 Å². The zero-order valence-corrected chi connectivity index (χ0v) is 44.1. The molecule has 7 N–H and O–H groups in total. The van der Waals surface area contributed by atoms with Gasteiger partial charge in [-0.2, -0.15) is 10.2 Å². The van der Waals surface area contributed by atoms with Crippen molar-refractivity contribution in [1.82, 2.24) is 21.3 Å². The first kappa shape index (κ1) is 48.0. The molecule has 10 aliphatic rings. The zero-order chi connectivity index (χ0) is 44.6. The van der Waals surface area contributed by atoms with Gasteiger partial charge < -0.3 is 20.8 Å². The number of halogens is 2. The molecule has 0 aromatic heterocycles. The van der Waals surface area contributed by atoms with E-state index in [1.54, 1.807) is 11.1 Å². The predicted octanol–water partition coefficient (Wildman–Crippen LogP) is 7.65. The molecule has 8 aliphatic carbocycles. The van der Waals surface area contributed by atoms with Crippen molar-refractivity contribution in [1.29, 1.82) is 0 Å². The van der Waals surface area contributed by atoms with Gasteiger partial charge in [0, 0.05) is 25.5 Å². The summed E-state index contributed by atoms with van der Waals surface area (Å²) in [6, 6.07) is 0. The Kier molecular flexibility index (Phi) is 15.2. The monoisotopic (exact) mass is 960 g/mol. The Morgan fingerprint density at radius 3 is 1.60 bits per heavy atom. The maximum absolute atomic E-state index is 10.2. The summed E-state index contributed by atoms with van der Waals surface area (Å²) in [4.78, 5) is 0. The molecule has 2 heterocycles. The number of nitrogens with one attached hydrogen (secondary N) is 5. The van der Waals surface area contributed by atoms with E-state index in [2.05, 4.69) is 108 Å². The van der Waals surface area contributed by atoms with Gasteiger partial charge >= 0.3 is 40.5 Å². The number of rotatable bonds is 6. The van der Waals surface area contributed by atoms with Crippen LogP contribution in [-0.4, -0.2) is 72.9 Å². The molecular weight excluding hydrogens is 881 g/mol. The molecule has 63 heavy (non-hydrogen) atoms. The minimum absolute atomic E-state index is 0.105. The van der Waals surface area contributed by atoms with Gasteiger partial charge in [0.05, 0.1) is 25.3 Å². The summed E-state index contributed by atoms with van der Waals surface area (Å²) < 4.78 is 0. The molecule has 8 unspecified atom stereocenters. The van der Waals surface area contributed by atoms with Crippen LogP contribution < -0.4 is 26.4 Å². The van der Waals surface area contributed by atoms with E-state index in [1.807, 2.05) is 0 Å². The summed E-state index contributed by atoms with van der Waals surface area (Å²) in [5, 5.41) is 49.9. The van der Waals surface area contributed by atoms with Crippen LogP contribution in [0.15, 0.2) is 38.6 Å². The van der Waals surface area contributed by atoms with E-state index < -0.39 is 15.1 Å². The molecular formula is C50H81Cl2N8O2Zn+. The quantitative estimate of drug-likeness (QED) is 0.0633. The van der Waals surface area contributed by atoms with Crippen molar-refractivity contribution in [2.75, 3.05) is 26.2 Å². The fraction of sp³-hybridized carbons (Fsp3) is 0.840. The molecule has 10 rings (SSSR count). The number of aliphatic hydroxyl groups is 2. The summed E-state index contributed by atoms with van der Waals surface area (Å²) in [7, 11) is 9.90. The Morgan fingerprint density at radius 2 is 1.11 bits per heavy atom. The summed E-state index contributed by atoms with van der Waals surface area (Å²) in [6.45, 7) is 18.8. The summed E-state index contributed by atoms with van der Waals surface area (Å²) >= 11 is -0.931. The van der Waals surface area contributed by atoms with Gasteiger partial charge in [0.15, 0.2) is 0 Å². The number of allylic oxidation sites excluding steroid dienone is 2. The molecule has 13 heteroatoms. The molecule has 0 radical (unpaired) electrons. The molecule has 0 spiro atoms. The molecule has 8 fully saturated rings. The van der Waals surface area contributed by atoms with E-state index >= 15 is 0 Å². The molecule has 0 aromatic carbocycles. The van der Waals surface area contributed by atoms with Crippen LogP contribution in [0.5, 0.6) is 0 Å². The van der Waals surface area contributed by atoms with Gasteiger partial charge in [-0.15, -0.1) is 10.2 Å². The number of nitrogens with zero attached hydrogens (tertiary/aromatic N) is 3. The Bertz CT molecular complexity index is 1670. The van der Waals surface area contributed by atoms with Crippen LogP contribution in [-0.2, 0) is 15.1 Å². The number of aliphatic hydroxyl groups excluding tert-OH is 2. The third-order valence-corrected chi connectivity index (χ3v) is 20.0. The average molecular weight is 963 g/mol. The third-order valence-electron chi connectivity index (χ3n) is 20.0. The van der Waals surface area contributed by atoms with Gasteiger partial charge in [0.2, 0.25) is 5.96 Å². The van der Waals surface area contributed by atoms with E-state index in [0.29, 0.717) is 39.4 Å². The molecule has 0 bridgehead atoms. The Hall–Kier alpha value is -1.52. The molecule has 2 saturated heterocycles. The molecule has 2 aliphatic heterocycles. The second kappa shape index (κ2) is 20.0. The average Bonchev–Trinajstić information content (AvgIpc) is 4.09. The summed E-state index contributed by atoms with van der Waals surface area (Å²) in [5.74, 6) is 9.14. The van der Waals surface area contributed by atoms with Gasteiger partial charge in [-0.25, -0.2) is 0 Å². The topological polar surface area (TPSA) is 140 Å². The van der Waals surface area contributed by atoms with Gasteiger partial charge in [-0.3, -0.25) is 10.6 Å². The van der Waals surface area contributed by atoms with Gasteiger partial charge in [-0.1, -0.05) is 64.8 Å². The fourth-order valence-corrected chi connectivity index (χ4v) is 16.7. The van der Waals surface area contributed by atoms with Crippen molar-refractivity contribution in [3.05, 3.63) is 23.3 Å². The number of hydrogen-bond acceptors (Lipinski definition) is 5. The van der Waals surface area contributed by atoms with Crippen LogP contribution in [0.1, 0.15) is 144 Å². The second-order valence-corrected chi connectivity index (χ2v) is 27.4. The first-order chi connectivity index (χ1) is 30.2. The van der Waals surface area contributed by atoms with Crippen LogP contribution in [0.4, 0.5) is 0 Å². The zero-order valence-electron chi connectivity index (χ0n) is 39.6.